The van der Waals surface area contributed by atoms with E-state index in [0.29, 0.717) is 99.3 Å². The molecular formula is C50H68N2O10S2. The monoisotopic (exact) mass is 920 g/mol. The molecule has 4 aromatic rings. The third-order valence-electron chi connectivity index (χ3n) is 13.6. The van der Waals surface area contributed by atoms with Crippen molar-refractivity contribution >= 4 is 31.0 Å². The number of sulfone groups is 2. The Labute approximate surface area is 380 Å². The zero-order chi connectivity index (χ0) is 46.1. The molecular weight excluding hydrogens is 853 g/mol. The van der Waals surface area contributed by atoms with Crippen molar-refractivity contribution in [2.75, 3.05) is 62.6 Å². The minimum absolute atomic E-state index is 0.112. The quantitative estimate of drug-likeness (QED) is 0.0464. The van der Waals surface area contributed by atoms with E-state index in [1.807, 2.05) is 62.4 Å². The molecule has 4 aromatic carbocycles. The predicted molar refractivity (Wildman–Crippen MR) is 252 cm³/mol. The van der Waals surface area contributed by atoms with Gasteiger partial charge in [-0.25, -0.2) is 16.8 Å². The SMILES string of the molecule is CCCC[C@@]1(CC)CS(=O)(=O)c2ccc(N)cc2C(c2ccc(OCCOCCOCCOc3ccc([C@@H]4c5cc(N)ccc5S(=O)(=O)C[C@@](CC)(CCCC)C4O)cc3)cc2)C1O. The molecule has 350 valence electrons. The fourth-order valence-corrected chi connectivity index (χ4v) is 14.3. The van der Waals surface area contributed by atoms with Gasteiger partial charge in [-0.1, -0.05) is 77.6 Å². The highest BCUT2D eigenvalue weighted by Gasteiger charge is 2.50. The van der Waals surface area contributed by atoms with Crippen LogP contribution in [0.1, 0.15) is 113 Å². The zero-order valence-corrected chi connectivity index (χ0v) is 39.5. The van der Waals surface area contributed by atoms with Gasteiger partial charge in [-0.2, -0.15) is 0 Å². The van der Waals surface area contributed by atoms with Gasteiger partial charge in [0.25, 0.3) is 0 Å². The summed E-state index contributed by atoms with van der Waals surface area (Å²) in [7, 11) is -7.36. The molecule has 0 radical (unpaired) electrons. The Hall–Kier alpha value is -4.18. The number of hydrogen-bond acceptors (Lipinski definition) is 12. The van der Waals surface area contributed by atoms with Crippen molar-refractivity contribution in [2.24, 2.45) is 10.8 Å². The standard InChI is InChI=1S/C50H68N2O10S2/c1-5-9-23-49(7-3)33-63(55,56)43-21-15-37(51)31-41(43)45(47(49)53)35-11-17-39(18-12-35)61-29-27-59-25-26-60-28-30-62-40-19-13-36(14-20-40)46-42-32-38(52)16-22-44(42)64(57,58)34-50(8-4,48(46)54)24-10-6-2/h11-22,31-32,45-48,53-54H,5-10,23-30,33-34,51-52H2,1-4H3/t45-,46?,47?,48?,49-,50+/m1/s1. The molecule has 0 aliphatic carbocycles. The number of nitrogens with two attached hydrogens (primary N) is 2. The zero-order valence-electron chi connectivity index (χ0n) is 37.8. The highest BCUT2D eigenvalue weighted by Crippen LogP contribution is 2.51. The molecule has 2 aliphatic heterocycles. The first-order valence-corrected chi connectivity index (χ1v) is 26.2. The predicted octanol–water partition coefficient (Wildman–Crippen LogP) is 8.08. The van der Waals surface area contributed by atoms with Crippen LogP contribution in [0.4, 0.5) is 11.4 Å². The van der Waals surface area contributed by atoms with Crippen molar-refractivity contribution < 1.29 is 46.0 Å². The van der Waals surface area contributed by atoms with E-state index in [-0.39, 0.29) is 21.3 Å². The number of aliphatic hydroxyl groups is 2. The summed E-state index contributed by atoms with van der Waals surface area (Å²) in [6, 6.07) is 24.6. The van der Waals surface area contributed by atoms with Gasteiger partial charge in [0.15, 0.2) is 19.7 Å². The number of anilines is 2. The Morgan fingerprint density at radius 3 is 1.25 bits per heavy atom. The van der Waals surface area contributed by atoms with Gasteiger partial charge in [-0.05, 0) is 109 Å². The van der Waals surface area contributed by atoms with Gasteiger partial charge in [0.1, 0.15) is 24.7 Å². The minimum Gasteiger partial charge on any atom is -0.491 e. The number of hydrogen-bond donors (Lipinski definition) is 4. The molecule has 0 saturated heterocycles. The maximum absolute atomic E-state index is 13.8. The number of benzene rings is 4. The first-order chi connectivity index (χ1) is 30.6. The van der Waals surface area contributed by atoms with Crippen molar-refractivity contribution in [3.63, 3.8) is 0 Å². The van der Waals surface area contributed by atoms with Crippen LogP contribution in [0, 0.1) is 10.8 Å². The average Bonchev–Trinajstić information content (AvgIpc) is 3.39. The van der Waals surface area contributed by atoms with Crippen LogP contribution < -0.4 is 20.9 Å². The van der Waals surface area contributed by atoms with Crippen molar-refractivity contribution in [3.8, 4) is 11.5 Å². The van der Waals surface area contributed by atoms with E-state index in [2.05, 4.69) is 13.8 Å². The topological polar surface area (TPSA) is 198 Å². The van der Waals surface area contributed by atoms with Crippen molar-refractivity contribution in [2.45, 2.75) is 113 Å². The highest BCUT2D eigenvalue weighted by molar-refractivity contribution is 7.91. The van der Waals surface area contributed by atoms with E-state index >= 15 is 0 Å². The third-order valence-corrected chi connectivity index (χ3v) is 17.6. The Kier molecular flexibility index (Phi) is 16.5. The number of ether oxygens (including phenoxy) is 4. The normalized spacial score (nSPS) is 24.8. The second kappa shape index (κ2) is 21.4. The summed E-state index contributed by atoms with van der Waals surface area (Å²) in [5.74, 6) is -0.137. The lowest BCUT2D eigenvalue weighted by molar-refractivity contribution is 0.0173. The lowest BCUT2D eigenvalue weighted by Crippen LogP contribution is -2.42. The lowest BCUT2D eigenvalue weighted by Gasteiger charge is -2.39. The van der Waals surface area contributed by atoms with Crippen LogP contribution in [0.15, 0.2) is 94.7 Å². The van der Waals surface area contributed by atoms with E-state index in [4.69, 9.17) is 30.4 Å². The van der Waals surface area contributed by atoms with Gasteiger partial charge >= 0.3 is 0 Å². The fourth-order valence-electron chi connectivity index (χ4n) is 9.82. The molecule has 6 atom stereocenters. The van der Waals surface area contributed by atoms with Gasteiger partial charge in [0.2, 0.25) is 0 Å². The number of aliphatic hydroxyl groups excluding tert-OH is 2. The van der Waals surface area contributed by atoms with Crippen molar-refractivity contribution in [1.29, 1.82) is 0 Å². The van der Waals surface area contributed by atoms with Crippen LogP contribution in [-0.4, -0.2) is 90.4 Å². The summed E-state index contributed by atoms with van der Waals surface area (Å²) < 4.78 is 78.4. The largest absolute Gasteiger partial charge is 0.491 e. The molecule has 6 rings (SSSR count). The smallest absolute Gasteiger partial charge is 0.179 e. The van der Waals surface area contributed by atoms with Crippen LogP contribution in [0.2, 0.25) is 0 Å². The van der Waals surface area contributed by atoms with E-state index in [9.17, 15) is 27.0 Å². The Morgan fingerprint density at radius 2 is 0.906 bits per heavy atom. The number of unbranched alkanes of at least 4 members (excludes halogenated alkanes) is 2. The van der Waals surface area contributed by atoms with E-state index < -0.39 is 54.5 Å². The molecule has 14 heteroatoms. The van der Waals surface area contributed by atoms with Gasteiger partial charge in [0.05, 0.1) is 59.9 Å². The molecule has 3 unspecified atom stereocenters. The van der Waals surface area contributed by atoms with Crippen LogP contribution in [-0.2, 0) is 29.1 Å². The minimum atomic E-state index is -3.68. The van der Waals surface area contributed by atoms with Gasteiger partial charge in [-0.3, -0.25) is 0 Å². The molecule has 0 saturated carbocycles. The maximum Gasteiger partial charge on any atom is 0.179 e. The van der Waals surface area contributed by atoms with Crippen LogP contribution in [0.25, 0.3) is 0 Å². The van der Waals surface area contributed by atoms with Crippen LogP contribution in [0.5, 0.6) is 11.5 Å². The summed E-state index contributed by atoms with van der Waals surface area (Å²) in [6.45, 7) is 10.1. The Morgan fingerprint density at radius 1 is 0.547 bits per heavy atom. The first kappa shape index (κ1) is 49.3. The van der Waals surface area contributed by atoms with Gasteiger partial charge in [0, 0.05) is 34.0 Å². The Bertz CT molecular complexity index is 2210. The van der Waals surface area contributed by atoms with Gasteiger partial charge in [-0.15, -0.1) is 0 Å². The third kappa shape index (κ3) is 10.9. The molecule has 0 fully saturated rings. The summed E-state index contributed by atoms with van der Waals surface area (Å²) in [4.78, 5) is 0.457. The van der Waals surface area contributed by atoms with E-state index in [1.54, 1.807) is 36.4 Å². The first-order valence-electron chi connectivity index (χ1n) is 22.9. The fraction of sp³-hybridized carbons (Fsp3) is 0.520. The molecule has 0 aromatic heterocycles. The van der Waals surface area contributed by atoms with Crippen LogP contribution >= 0.6 is 0 Å². The average molecular weight is 921 g/mol. The van der Waals surface area contributed by atoms with Crippen molar-refractivity contribution in [3.05, 3.63) is 107 Å². The molecule has 0 amide bonds. The molecule has 6 N–H and O–H groups in total. The van der Waals surface area contributed by atoms with E-state index in [0.717, 1.165) is 36.8 Å². The number of fused-ring (bicyclic) bond motifs is 2. The summed E-state index contributed by atoms with van der Waals surface area (Å²) in [6.07, 6.45) is 3.84. The molecule has 0 bridgehead atoms. The second-order valence-electron chi connectivity index (χ2n) is 17.7. The number of rotatable bonds is 21. The second-order valence-corrected chi connectivity index (χ2v) is 21.6. The van der Waals surface area contributed by atoms with Crippen molar-refractivity contribution in [1.82, 2.24) is 0 Å². The summed E-state index contributed by atoms with van der Waals surface area (Å²) >= 11 is 0. The molecule has 2 aliphatic rings. The highest BCUT2D eigenvalue weighted by atomic mass is 32.2. The summed E-state index contributed by atoms with van der Waals surface area (Å²) in [5.41, 5.74) is 14.3. The lowest BCUT2D eigenvalue weighted by atomic mass is 9.69. The molecule has 2 heterocycles. The molecule has 12 nitrogen and oxygen atoms in total. The van der Waals surface area contributed by atoms with E-state index in [1.165, 1.54) is 0 Å². The maximum atomic E-state index is 13.8. The Balaban J connectivity index is 0.970. The molecule has 64 heavy (non-hydrogen) atoms. The summed E-state index contributed by atoms with van der Waals surface area (Å²) in [5, 5.41) is 24.2. The van der Waals surface area contributed by atoms with Crippen LogP contribution in [0.3, 0.4) is 0 Å². The number of nitrogen functional groups attached to an aromatic ring is 2. The van der Waals surface area contributed by atoms with Gasteiger partial charge < -0.3 is 40.6 Å². The molecule has 0 spiro atoms.